The fourth-order valence-corrected chi connectivity index (χ4v) is 2.21. The average Bonchev–Trinajstić information content (AvgIpc) is 2.86. The highest BCUT2D eigenvalue weighted by atomic mass is 35.5. The third-order valence-corrected chi connectivity index (χ3v) is 3.42. The summed E-state index contributed by atoms with van der Waals surface area (Å²) in [5.41, 5.74) is 3.48. The van der Waals surface area contributed by atoms with E-state index in [1.807, 2.05) is 37.3 Å². The lowest BCUT2D eigenvalue weighted by molar-refractivity contribution is 0.931. The van der Waals surface area contributed by atoms with E-state index in [2.05, 4.69) is 16.2 Å². The van der Waals surface area contributed by atoms with Gasteiger partial charge in [0, 0.05) is 11.1 Å². The number of fused-ring (bicyclic) bond motifs is 1. The highest BCUT2D eigenvalue weighted by molar-refractivity contribution is 6.30. The summed E-state index contributed by atoms with van der Waals surface area (Å²) in [5.74, 6) is 0. The van der Waals surface area contributed by atoms with E-state index in [0.717, 1.165) is 16.8 Å². The summed E-state index contributed by atoms with van der Waals surface area (Å²) in [5, 5.41) is 13.6. The van der Waals surface area contributed by atoms with Crippen molar-refractivity contribution in [1.29, 1.82) is 5.26 Å². The van der Waals surface area contributed by atoms with Crippen LogP contribution in [0.2, 0.25) is 5.15 Å². The second kappa shape index (κ2) is 4.38. The van der Waals surface area contributed by atoms with E-state index in [4.69, 9.17) is 16.9 Å². The summed E-state index contributed by atoms with van der Waals surface area (Å²) in [7, 11) is 0. The lowest BCUT2D eigenvalue weighted by Crippen LogP contribution is -1.99. The molecule has 0 saturated heterocycles. The molecular formula is C14H9ClN4. The Hall–Kier alpha value is -2.38. The molecule has 4 nitrogen and oxygen atoms in total. The van der Waals surface area contributed by atoms with Crippen molar-refractivity contribution in [2.24, 2.45) is 0 Å². The van der Waals surface area contributed by atoms with Crippen molar-refractivity contribution < 1.29 is 0 Å². The molecule has 19 heavy (non-hydrogen) atoms. The van der Waals surface area contributed by atoms with Crippen LogP contribution in [0.4, 0.5) is 0 Å². The third-order valence-electron chi connectivity index (χ3n) is 2.98. The fraction of sp³-hybridized carbons (Fsp3) is 0.0714. The van der Waals surface area contributed by atoms with E-state index < -0.39 is 0 Å². The van der Waals surface area contributed by atoms with Gasteiger partial charge in [-0.3, -0.25) is 0 Å². The molecule has 5 heteroatoms. The fourth-order valence-electron chi connectivity index (χ4n) is 2.00. The molecule has 0 fully saturated rings. The van der Waals surface area contributed by atoms with Gasteiger partial charge in [0.05, 0.1) is 11.9 Å². The predicted octanol–water partition coefficient (Wildman–Crippen LogP) is 3.23. The number of halogens is 1. The first-order valence-electron chi connectivity index (χ1n) is 5.71. The molecule has 0 N–H and O–H groups in total. The van der Waals surface area contributed by atoms with Crippen molar-refractivity contribution in [2.75, 3.05) is 0 Å². The molecule has 0 atom stereocenters. The highest BCUT2D eigenvalue weighted by Crippen LogP contribution is 2.28. The van der Waals surface area contributed by atoms with Gasteiger partial charge in [-0.05, 0) is 6.92 Å². The van der Waals surface area contributed by atoms with Crippen LogP contribution in [-0.4, -0.2) is 14.6 Å². The minimum Gasteiger partial charge on any atom is -0.227 e. The monoisotopic (exact) mass is 268 g/mol. The van der Waals surface area contributed by atoms with Gasteiger partial charge in [-0.15, -0.1) is 0 Å². The number of aromatic nitrogens is 3. The van der Waals surface area contributed by atoms with E-state index in [-0.39, 0.29) is 0 Å². The molecule has 2 aromatic heterocycles. The Balaban J connectivity index is 2.38. The van der Waals surface area contributed by atoms with Crippen LogP contribution in [0.25, 0.3) is 16.9 Å². The van der Waals surface area contributed by atoms with Gasteiger partial charge in [0.25, 0.3) is 0 Å². The number of rotatable bonds is 1. The van der Waals surface area contributed by atoms with Gasteiger partial charge in [-0.2, -0.15) is 10.4 Å². The Kier molecular flexibility index (Phi) is 2.69. The smallest absolute Gasteiger partial charge is 0.175 e. The molecule has 2 heterocycles. The maximum Gasteiger partial charge on any atom is 0.175 e. The Bertz CT molecular complexity index is 800. The van der Waals surface area contributed by atoms with Crippen LogP contribution in [0.3, 0.4) is 0 Å². The third kappa shape index (κ3) is 1.76. The summed E-state index contributed by atoms with van der Waals surface area (Å²) in [6.07, 6.45) is 1.47. The molecule has 3 aromatic rings. The zero-order valence-corrected chi connectivity index (χ0v) is 10.9. The number of nitriles is 1. The van der Waals surface area contributed by atoms with Gasteiger partial charge in [0.15, 0.2) is 5.65 Å². The van der Waals surface area contributed by atoms with E-state index in [9.17, 15) is 0 Å². The van der Waals surface area contributed by atoms with E-state index >= 15 is 0 Å². The molecule has 0 unspecified atom stereocenters. The van der Waals surface area contributed by atoms with Crippen LogP contribution >= 0.6 is 11.6 Å². The van der Waals surface area contributed by atoms with Crippen LogP contribution in [0, 0.1) is 18.3 Å². The van der Waals surface area contributed by atoms with Gasteiger partial charge < -0.3 is 0 Å². The van der Waals surface area contributed by atoms with Gasteiger partial charge >= 0.3 is 0 Å². The van der Waals surface area contributed by atoms with Crippen LogP contribution < -0.4 is 0 Å². The lowest BCUT2D eigenvalue weighted by Gasteiger charge is -2.08. The van der Waals surface area contributed by atoms with Gasteiger partial charge in [0.2, 0.25) is 0 Å². The first kappa shape index (κ1) is 11.7. The lowest BCUT2D eigenvalue weighted by atomic mass is 10.1. The number of benzene rings is 1. The molecule has 92 valence electrons. The normalized spacial score (nSPS) is 10.6. The quantitative estimate of drug-likeness (QED) is 0.637. The van der Waals surface area contributed by atoms with Crippen molar-refractivity contribution >= 4 is 17.2 Å². The Labute approximate surface area is 114 Å². The second-order valence-corrected chi connectivity index (χ2v) is 4.51. The molecule has 3 rings (SSSR count). The first-order valence-corrected chi connectivity index (χ1v) is 6.09. The SMILES string of the molecule is Cc1c(-c2ccccc2)nc2c(C#N)cnn2c1Cl. The minimum absolute atomic E-state index is 0.416. The Morgan fingerprint density at radius 3 is 2.68 bits per heavy atom. The van der Waals surface area contributed by atoms with Crippen molar-refractivity contribution in [1.82, 2.24) is 14.6 Å². The van der Waals surface area contributed by atoms with Crippen molar-refractivity contribution in [3.63, 3.8) is 0 Å². The van der Waals surface area contributed by atoms with Crippen LogP contribution in [0.1, 0.15) is 11.1 Å². The van der Waals surface area contributed by atoms with Gasteiger partial charge in [0.1, 0.15) is 16.8 Å². The van der Waals surface area contributed by atoms with E-state index in [1.54, 1.807) is 0 Å². The molecule has 0 saturated carbocycles. The Morgan fingerprint density at radius 1 is 1.26 bits per heavy atom. The van der Waals surface area contributed by atoms with Crippen LogP contribution in [0.15, 0.2) is 36.5 Å². The van der Waals surface area contributed by atoms with Gasteiger partial charge in [-0.25, -0.2) is 9.50 Å². The van der Waals surface area contributed by atoms with E-state index in [1.165, 1.54) is 10.7 Å². The molecular weight excluding hydrogens is 260 g/mol. The summed E-state index contributed by atoms with van der Waals surface area (Å²) in [6.45, 7) is 1.89. The number of nitrogens with zero attached hydrogens (tertiary/aromatic N) is 4. The van der Waals surface area contributed by atoms with Crippen molar-refractivity contribution in [3.05, 3.63) is 52.8 Å². The largest absolute Gasteiger partial charge is 0.227 e. The zero-order chi connectivity index (χ0) is 13.4. The molecule has 0 aliphatic heterocycles. The molecule has 0 amide bonds. The zero-order valence-electron chi connectivity index (χ0n) is 10.1. The Morgan fingerprint density at radius 2 is 2.00 bits per heavy atom. The number of hydrogen-bond acceptors (Lipinski definition) is 3. The van der Waals surface area contributed by atoms with E-state index in [0.29, 0.717) is 16.4 Å². The van der Waals surface area contributed by atoms with Crippen LogP contribution in [0.5, 0.6) is 0 Å². The molecule has 0 spiro atoms. The summed E-state index contributed by atoms with van der Waals surface area (Å²) in [4.78, 5) is 4.53. The predicted molar refractivity (Wildman–Crippen MR) is 72.9 cm³/mol. The summed E-state index contributed by atoms with van der Waals surface area (Å²) >= 11 is 6.30. The first-order chi connectivity index (χ1) is 9.22. The molecule has 0 aliphatic rings. The van der Waals surface area contributed by atoms with Crippen LogP contribution in [-0.2, 0) is 0 Å². The minimum atomic E-state index is 0.416. The molecule has 0 radical (unpaired) electrons. The maximum absolute atomic E-state index is 9.06. The van der Waals surface area contributed by atoms with Gasteiger partial charge in [-0.1, -0.05) is 41.9 Å². The summed E-state index contributed by atoms with van der Waals surface area (Å²) < 4.78 is 1.49. The average molecular weight is 269 g/mol. The summed E-state index contributed by atoms with van der Waals surface area (Å²) in [6, 6.07) is 11.8. The van der Waals surface area contributed by atoms with Crippen molar-refractivity contribution in [3.8, 4) is 17.3 Å². The van der Waals surface area contributed by atoms with Crippen molar-refractivity contribution in [2.45, 2.75) is 6.92 Å². The molecule has 1 aromatic carbocycles. The maximum atomic E-state index is 9.06. The second-order valence-electron chi connectivity index (χ2n) is 4.15. The standard InChI is InChI=1S/C14H9ClN4/c1-9-12(10-5-3-2-4-6-10)18-14-11(7-16)8-17-19(14)13(9)15/h2-6,8H,1H3. The molecule has 0 aliphatic carbocycles. The molecule has 0 bridgehead atoms. The number of hydrogen-bond donors (Lipinski definition) is 0. The topological polar surface area (TPSA) is 54.0 Å². The highest BCUT2D eigenvalue weighted by Gasteiger charge is 2.15.